The maximum absolute atomic E-state index is 13.8. The monoisotopic (exact) mass is 675 g/mol. The van der Waals surface area contributed by atoms with E-state index >= 15 is 0 Å². The lowest BCUT2D eigenvalue weighted by atomic mass is 9.83. The number of rotatable bonds is 28. The molecule has 1 aromatic carbocycles. The average Bonchev–Trinajstić information content (AvgIpc) is 3.09. The summed E-state index contributed by atoms with van der Waals surface area (Å²) in [4.78, 5) is 51.6. The van der Waals surface area contributed by atoms with Crippen LogP contribution in [0.25, 0.3) is 0 Å². The van der Waals surface area contributed by atoms with Gasteiger partial charge in [-0.15, -0.1) is 0 Å². The smallest absolute Gasteiger partial charge is 0.339 e. The van der Waals surface area contributed by atoms with E-state index in [2.05, 4.69) is 19.2 Å². The number of benzene rings is 1. The molecule has 0 spiro atoms. The number of ether oxygens (including phenoxy) is 4. The summed E-state index contributed by atoms with van der Waals surface area (Å²) < 4.78 is 20.7. The van der Waals surface area contributed by atoms with E-state index in [1.165, 1.54) is 39.6 Å². The summed E-state index contributed by atoms with van der Waals surface area (Å²) in [7, 11) is 3.80. The molecule has 0 aliphatic carbocycles. The van der Waals surface area contributed by atoms with E-state index in [1.807, 2.05) is 12.1 Å². The van der Waals surface area contributed by atoms with Gasteiger partial charge in [-0.2, -0.15) is 0 Å². The summed E-state index contributed by atoms with van der Waals surface area (Å²) in [5.41, 5.74) is -1.47. The lowest BCUT2D eigenvalue weighted by Gasteiger charge is -2.32. The number of nitrogens with one attached hydrogen (secondary N) is 1. The van der Waals surface area contributed by atoms with Crippen molar-refractivity contribution in [1.82, 2.24) is 5.32 Å². The fourth-order valence-electron chi connectivity index (χ4n) is 5.39. The molecule has 0 bridgehead atoms. The van der Waals surface area contributed by atoms with Gasteiger partial charge in [-0.1, -0.05) is 83.1 Å². The van der Waals surface area contributed by atoms with Crippen LogP contribution in [-0.4, -0.2) is 74.9 Å². The van der Waals surface area contributed by atoms with Crippen molar-refractivity contribution in [1.29, 1.82) is 0 Å². The van der Waals surface area contributed by atoms with Crippen molar-refractivity contribution in [3.63, 3.8) is 0 Å². The molecule has 0 aromatic heterocycles. The zero-order chi connectivity index (χ0) is 35.6. The van der Waals surface area contributed by atoms with Crippen LogP contribution in [0.5, 0.6) is 5.75 Å². The van der Waals surface area contributed by atoms with Gasteiger partial charge in [0.15, 0.2) is 5.60 Å². The van der Waals surface area contributed by atoms with Crippen LogP contribution < -0.4 is 10.1 Å². The van der Waals surface area contributed by atoms with Crippen LogP contribution in [0.3, 0.4) is 0 Å². The lowest BCUT2D eigenvalue weighted by Crippen LogP contribution is -2.55. The Labute approximate surface area is 288 Å². The molecule has 0 heterocycles. The Morgan fingerprint density at radius 3 is 2.02 bits per heavy atom. The van der Waals surface area contributed by atoms with E-state index in [-0.39, 0.29) is 19.4 Å². The van der Waals surface area contributed by atoms with Crippen molar-refractivity contribution in [3.8, 4) is 5.75 Å². The maximum atomic E-state index is 13.8. The number of amides is 1. The van der Waals surface area contributed by atoms with Gasteiger partial charge in [-0.05, 0) is 49.8 Å². The minimum absolute atomic E-state index is 0.00616. The van der Waals surface area contributed by atoms with Gasteiger partial charge in [0.05, 0.1) is 26.7 Å². The fourth-order valence-corrected chi connectivity index (χ4v) is 5.39. The number of carbonyl (C=O) groups is 4. The second kappa shape index (κ2) is 25.7. The third-order valence-corrected chi connectivity index (χ3v) is 8.42. The molecule has 1 amide bonds. The van der Waals surface area contributed by atoms with Crippen LogP contribution in [0.4, 0.5) is 0 Å². The van der Waals surface area contributed by atoms with E-state index in [0.29, 0.717) is 37.4 Å². The molecule has 10 heteroatoms. The zero-order valence-electron chi connectivity index (χ0n) is 30.1. The van der Waals surface area contributed by atoms with E-state index in [0.717, 1.165) is 64.0 Å². The van der Waals surface area contributed by atoms with Crippen molar-refractivity contribution in [2.24, 2.45) is 5.92 Å². The predicted octanol–water partition coefficient (Wildman–Crippen LogP) is 6.45. The van der Waals surface area contributed by atoms with Gasteiger partial charge in [0, 0.05) is 39.4 Å². The van der Waals surface area contributed by atoms with Gasteiger partial charge < -0.3 is 29.4 Å². The molecule has 0 saturated heterocycles. The minimum atomic E-state index is -2.24. The summed E-state index contributed by atoms with van der Waals surface area (Å²) >= 11 is 0. The zero-order valence-corrected chi connectivity index (χ0v) is 30.1. The quantitative estimate of drug-likeness (QED) is 0.0583. The maximum Gasteiger partial charge on any atom is 0.339 e. The summed E-state index contributed by atoms with van der Waals surface area (Å²) in [5.74, 6) is -2.69. The minimum Gasteiger partial charge on any atom is -0.494 e. The molecular weight excluding hydrogens is 614 g/mol. The van der Waals surface area contributed by atoms with Gasteiger partial charge in [0.25, 0.3) is 0 Å². The third kappa shape index (κ3) is 16.7. The summed E-state index contributed by atoms with van der Waals surface area (Å²) in [6.07, 6.45) is 16.2. The molecule has 0 aliphatic heterocycles. The van der Waals surface area contributed by atoms with Crippen LogP contribution in [-0.2, 0) is 39.8 Å². The molecule has 0 unspecified atom stereocenters. The highest BCUT2D eigenvalue weighted by atomic mass is 16.5. The van der Waals surface area contributed by atoms with Gasteiger partial charge in [0.2, 0.25) is 5.91 Å². The lowest BCUT2D eigenvalue weighted by molar-refractivity contribution is -0.172. The molecule has 0 aliphatic rings. The number of methoxy groups -OCH3 is 3. The van der Waals surface area contributed by atoms with Crippen LogP contribution in [0.2, 0.25) is 0 Å². The van der Waals surface area contributed by atoms with Crippen LogP contribution in [0.1, 0.15) is 116 Å². The molecule has 10 nitrogen and oxygen atoms in total. The van der Waals surface area contributed by atoms with E-state index < -0.39 is 35.4 Å². The third-order valence-electron chi connectivity index (χ3n) is 8.42. The molecule has 1 aromatic rings. The van der Waals surface area contributed by atoms with Crippen molar-refractivity contribution >= 4 is 23.6 Å². The van der Waals surface area contributed by atoms with Crippen molar-refractivity contribution in [2.45, 2.75) is 128 Å². The molecule has 3 atom stereocenters. The average molecular weight is 676 g/mol. The molecule has 2 N–H and O–H groups in total. The Kier molecular flexibility index (Phi) is 22.9. The van der Waals surface area contributed by atoms with Crippen molar-refractivity contribution in [3.05, 3.63) is 42.0 Å². The number of esters is 2. The van der Waals surface area contributed by atoms with E-state index in [4.69, 9.17) is 18.9 Å². The molecule has 1 rings (SSSR count). The molecule has 0 fully saturated rings. The summed E-state index contributed by atoms with van der Waals surface area (Å²) in [6.45, 7) is 4.87. The Morgan fingerprint density at radius 2 is 1.44 bits per heavy atom. The highest BCUT2D eigenvalue weighted by Crippen LogP contribution is 2.27. The number of aliphatic hydroxyl groups is 1. The summed E-state index contributed by atoms with van der Waals surface area (Å²) in [6, 6.07) is 6.17. The molecule has 48 heavy (non-hydrogen) atoms. The Balaban J connectivity index is 2.91. The predicted molar refractivity (Wildman–Crippen MR) is 187 cm³/mol. The van der Waals surface area contributed by atoms with Crippen LogP contribution in [0, 0.1) is 5.92 Å². The van der Waals surface area contributed by atoms with Crippen LogP contribution in [0.15, 0.2) is 36.4 Å². The Bertz CT molecular complexity index is 1090. The van der Waals surface area contributed by atoms with Crippen molar-refractivity contribution < 1.29 is 43.2 Å². The van der Waals surface area contributed by atoms with Gasteiger partial charge >= 0.3 is 11.9 Å². The number of Topliss-reactive ketones (excluding diaryl/α,β-unsaturated/α-hetero) is 1. The second-order valence-corrected chi connectivity index (χ2v) is 12.4. The highest BCUT2D eigenvalue weighted by Gasteiger charge is 2.48. The number of hydrogen-bond donors (Lipinski definition) is 2. The second-order valence-electron chi connectivity index (χ2n) is 12.4. The first-order valence-electron chi connectivity index (χ1n) is 17.7. The summed E-state index contributed by atoms with van der Waals surface area (Å²) in [5, 5.41) is 14.3. The van der Waals surface area contributed by atoms with Crippen molar-refractivity contribution in [2.75, 3.05) is 34.5 Å². The number of ketones is 1. The SMILES string of the molecule is CCCCCCCC(=O)CCCCCCC=C[C@H](C(=O)N[C@@H](Cc1ccc(OCCCC)cc1)C(=O)OC)[C@@](O)(CCOC)C(=O)OC. The largest absolute Gasteiger partial charge is 0.494 e. The number of hydrogen-bond acceptors (Lipinski definition) is 9. The molecule has 0 radical (unpaired) electrons. The van der Waals surface area contributed by atoms with E-state index in [1.54, 1.807) is 18.2 Å². The first-order chi connectivity index (χ1) is 23.2. The standard InChI is InChI=1S/C38H61NO9/c1-6-8-10-13-16-19-31(40)20-17-14-11-12-15-18-21-33(38(44,26-28-45-3)37(43)47-5)35(41)39-34(36(42)46-4)29-30-22-24-32(25-23-30)48-27-9-7-2/h18,21-25,33-34,44H,6-17,19-20,26-29H2,1-5H3,(H,39,41)/t33-,34+,38+/m1/s1. The first-order valence-corrected chi connectivity index (χ1v) is 17.7. The molecule has 0 saturated carbocycles. The van der Waals surface area contributed by atoms with Crippen LogP contribution >= 0.6 is 0 Å². The van der Waals surface area contributed by atoms with Gasteiger partial charge in [0.1, 0.15) is 17.6 Å². The Morgan fingerprint density at radius 1 is 0.812 bits per heavy atom. The highest BCUT2D eigenvalue weighted by molar-refractivity contribution is 5.93. The molecule has 272 valence electrons. The Hall–Kier alpha value is -3.24. The number of allylic oxidation sites excluding steroid dienone is 1. The number of carbonyl (C=O) groups excluding carboxylic acids is 4. The fraction of sp³-hybridized carbons (Fsp3) is 0.684. The van der Waals surface area contributed by atoms with Gasteiger partial charge in [-0.3, -0.25) is 9.59 Å². The van der Waals surface area contributed by atoms with Gasteiger partial charge in [-0.25, -0.2) is 9.59 Å². The normalized spacial score (nSPS) is 13.8. The van der Waals surface area contributed by atoms with E-state index in [9.17, 15) is 24.3 Å². The number of unbranched alkanes of at least 4 members (excludes halogenated alkanes) is 9. The first kappa shape index (κ1) is 42.8. The topological polar surface area (TPSA) is 137 Å². The molecular formula is C38H61NO9.